The van der Waals surface area contributed by atoms with Crippen LogP contribution in [-0.4, -0.2) is 42.3 Å². The highest BCUT2D eigenvalue weighted by Gasteiger charge is 2.25. The Morgan fingerprint density at radius 2 is 2.08 bits per heavy atom. The Morgan fingerprint density at radius 3 is 2.58 bits per heavy atom. The van der Waals surface area contributed by atoms with Crippen molar-refractivity contribution >= 4 is 43.6 Å². The summed E-state index contributed by atoms with van der Waals surface area (Å²) in [5, 5.41) is 19.1. The lowest BCUT2D eigenvalue weighted by molar-refractivity contribution is -0.390. The topological polar surface area (TPSA) is 99.1 Å². The normalized spacial score (nSPS) is 10.9. The Bertz CT molecular complexity index is 785. The van der Waals surface area contributed by atoms with Crippen LogP contribution in [0.1, 0.15) is 18.3 Å². The molecule has 0 saturated carbocycles. The molecule has 0 spiro atoms. The first-order chi connectivity index (χ1) is 11.2. The van der Waals surface area contributed by atoms with Crippen molar-refractivity contribution in [3.05, 3.63) is 36.6 Å². The number of hydrogen-bond acceptors (Lipinski definition) is 5. The molecule has 1 amide bonds. The van der Waals surface area contributed by atoms with Gasteiger partial charge < -0.3 is 15.0 Å². The van der Waals surface area contributed by atoms with Crippen LogP contribution in [0.15, 0.2) is 15.1 Å². The fourth-order valence-corrected chi connectivity index (χ4v) is 2.92. The molecule has 0 aliphatic rings. The quantitative estimate of drug-likeness (QED) is 0.484. The van der Waals surface area contributed by atoms with Crippen LogP contribution in [0.4, 0.5) is 5.82 Å². The van der Waals surface area contributed by atoms with E-state index in [1.54, 1.807) is 18.7 Å². The van der Waals surface area contributed by atoms with Crippen molar-refractivity contribution in [1.29, 1.82) is 0 Å². The van der Waals surface area contributed by atoms with Gasteiger partial charge in [-0.1, -0.05) is 0 Å². The SMILES string of the molecule is CCn1cc(Br)c(CN(C)C(=O)Cn2nc([N+](=O)[O-])c(Br)c2C)n1. The van der Waals surface area contributed by atoms with Crippen LogP contribution in [0.2, 0.25) is 0 Å². The van der Waals surface area contributed by atoms with Gasteiger partial charge in [-0.15, -0.1) is 0 Å². The van der Waals surface area contributed by atoms with E-state index in [4.69, 9.17) is 0 Å². The summed E-state index contributed by atoms with van der Waals surface area (Å²) in [6.07, 6.45) is 1.85. The maximum Gasteiger partial charge on any atom is 0.404 e. The number of hydrogen-bond donors (Lipinski definition) is 0. The van der Waals surface area contributed by atoms with Crippen molar-refractivity contribution in [2.75, 3.05) is 7.05 Å². The largest absolute Gasteiger partial charge is 0.404 e. The minimum absolute atomic E-state index is 0.0825. The van der Waals surface area contributed by atoms with E-state index >= 15 is 0 Å². The van der Waals surface area contributed by atoms with Gasteiger partial charge in [-0.25, -0.2) is 0 Å². The van der Waals surface area contributed by atoms with Crippen LogP contribution >= 0.6 is 31.9 Å². The van der Waals surface area contributed by atoms with E-state index < -0.39 is 4.92 Å². The summed E-state index contributed by atoms with van der Waals surface area (Å²) < 4.78 is 4.21. The van der Waals surface area contributed by atoms with E-state index in [-0.39, 0.29) is 22.7 Å². The minimum Gasteiger partial charge on any atom is -0.358 e. The maximum atomic E-state index is 12.4. The molecule has 11 heteroatoms. The molecular formula is C13H16Br2N6O3. The summed E-state index contributed by atoms with van der Waals surface area (Å²) in [5.74, 6) is -0.520. The summed E-state index contributed by atoms with van der Waals surface area (Å²) >= 11 is 6.56. The molecule has 130 valence electrons. The van der Waals surface area contributed by atoms with Crippen LogP contribution in [-0.2, 0) is 24.4 Å². The zero-order valence-electron chi connectivity index (χ0n) is 13.4. The van der Waals surface area contributed by atoms with Crippen molar-refractivity contribution in [3.63, 3.8) is 0 Å². The number of carbonyl (C=O) groups is 1. The Labute approximate surface area is 155 Å². The lowest BCUT2D eigenvalue weighted by Crippen LogP contribution is -2.30. The number of nitro groups is 1. The van der Waals surface area contributed by atoms with Gasteiger partial charge >= 0.3 is 5.82 Å². The van der Waals surface area contributed by atoms with Gasteiger partial charge in [0.05, 0.1) is 27.5 Å². The lowest BCUT2D eigenvalue weighted by atomic mass is 10.4. The molecule has 24 heavy (non-hydrogen) atoms. The zero-order valence-corrected chi connectivity index (χ0v) is 16.5. The molecule has 0 radical (unpaired) electrons. The highest BCUT2D eigenvalue weighted by atomic mass is 79.9. The fraction of sp³-hybridized carbons (Fsp3) is 0.462. The highest BCUT2D eigenvalue weighted by Crippen LogP contribution is 2.27. The maximum absolute atomic E-state index is 12.4. The molecule has 2 heterocycles. The number of amides is 1. The monoisotopic (exact) mass is 462 g/mol. The molecule has 0 N–H and O–H groups in total. The number of halogens is 2. The third-order valence-corrected chi connectivity index (χ3v) is 5.09. The number of nitrogens with zero attached hydrogens (tertiary/aromatic N) is 6. The molecule has 0 aromatic carbocycles. The van der Waals surface area contributed by atoms with E-state index in [2.05, 4.69) is 42.1 Å². The van der Waals surface area contributed by atoms with E-state index in [0.29, 0.717) is 12.2 Å². The van der Waals surface area contributed by atoms with Crippen LogP contribution in [0.3, 0.4) is 0 Å². The van der Waals surface area contributed by atoms with Gasteiger partial charge in [0.2, 0.25) is 5.91 Å². The van der Waals surface area contributed by atoms with Gasteiger partial charge in [0.15, 0.2) is 0 Å². The Kier molecular flexibility index (Phi) is 5.75. The number of rotatable bonds is 6. The van der Waals surface area contributed by atoms with Crippen molar-refractivity contribution in [3.8, 4) is 0 Å². The van der Waals surface area contributed by atoms with Gasteiger partial charge in [-0.3, -0.25) is 9.48 Å². The number of carbonyl (C=O) groups excluding carboxylic acids is 1. The molecule has 2 aromatic rings. The molecule has 0 saturated heterocycles. The zero-order chi connectivity index (χ0) is 18.0. The highest BCUT2D eigenvalue weighted by molar-refractivity contribution is 9.11. The second-order valence-electron chi connectivity index (χ2n) is 5.17. The van der Waals surface area contributed by atoms with E-state index in [9.17, 15) is 14.9 Å². The van der Waals surface area contributed by atoms with Crippen molar-refractivity contribution in [2.24, 2.45) is 0 Å². The third kappa shape index (κ3) is 3.83. The summed E-state index contributed by atoms with van der Waals surface area (Å²) in [7, 11) is 1.65. The molecule has 2 aromatic heterocycles. The van der Waals surface area contributed by atoms with Crippen molar-refractivity contribution < 1.29 is 9.72 Å². The molecular weight excluding hydrogens is 448 g/mol. The first kappa shape index (κ1) is 18.6. The summed E-state index contributed by atoms with van der Waals surface area (Å²) in [6, 6.07) is 0. The average molecular weight is 464 g/mol. The van der Waals surface area contributed by atoms with E-state index in [1.807, 2.05) is 13.1 Å². The molecule has 2 rings (SSSR count). The number of aryl methyl sites for hydroxylation is 1. The van der Waals surface area contributed by atoms with Gasteiger partial charge in [0, 0.05) is 19.8 Å². The van der Waals surface area contributed by atoms with Crippen LogP contribution in [0.5, 0.6) is 0 Å². The summed E-state index contributed by atoms with van der Waals surface area (Å²) in [6.45, 7) is 4.62. The Hall–Kier alpha value is -1.75. The van der Waals surface area contributed by atoms with Crippen molar-refractivity contribution in [2.45, 2.75) is 33.5 Å². The molecule has 0 fully saturated rings. The standard InChI is InChI=1S/C13H16Br2N6O3/c1-4-19-5-9(14)10(16-19)6-18(3)11(22)7-20-8(2)12(15)13(17-20)21(23)24/h5H,4,6-7H2,1-3H3. The fourth-order valence-electron chi connectivity index (χ4n) is 2.05. The molecule has 0 unspecified atom stereocenters. The summed E-state index contributed by atoms with van der Waals surface area (Å²) in [5.41, 5.74) is 1.27. The van der Waals surface area contributed by atoms with Crippen molar-refractivity contribution in [1.82, 2.24) is 24.5 Å². The second kappa shape index (κ2) is 7.43. The smallest absolute Gasteiger partial charge is 0.358 e. The molecule has 0 aliphatic carbocycles. The predicted octanol–water partition coefficient (Wildman–Crippen LogP) is 2.50. The average Bonchev–Trinajstić information content (AvgIpc) is 3.02. The van der Waals surface area contributed by atoms with E-state index in [0.717, 1.165) is 16.7 Å². The van der Waals surface area contributed by atoms with Crippen LogP contribution in [0, 0.1) is 17.0 Å². The molecule has 0 atom stereocenters. The number of likely N-dealkylation sites (N-methyl/N-ethyl adjacent to an activating group) is 1. The van der Waals surface area contributed by atoms with Crippen LogP contribution in [0.25, 0.3) is 0 Å². The Morgan fingerprint density at radius 1 is 1.42 bits per heavy atom. The van der Waals surface area contributed by atoms with E-state index in [1.165, 1.54) is 9.58 Å². The summed E-state index contributed by atoms with van der Waals surface area (Å²) in [4.78, 5) is 24.2. The predicted molar refractivity (Wildman–Crippen MR) is 93.4 cm³/mol. The lowest BCUT2D eigenvalue weighted by Gasteiger charge is -2.15. The second-order valence-corrected chi connectivity index (χ2v) is 6.81. The van der Waals surface area contributed by atoms with Crippen LogP contribution < -0.4 is 0 Å². The third-order valence-electron chi connectivity index (χ3n) is 3.50. The first-order valence-corrected chi connectivity index (χ1v) is 8.66. The molecule has 9 nitrogen and oxygen atoms in total. The molecule has 0 bridgehead atoms. The molecule has 0 aliphatic heterocycles. The Balaban J connectivity index is 2.10. The van der Waals surface area contributed by atoms with Gasteiger partial charge in [0.25, 0.3) is 0 Å². The van der Waals surface area contributed by atoms with Gasteiger partial charge in [-0.05, 0) is 50.6 Å². The number of aromatic nitrogens is 4. The first-order valence-electron chi connectivity index (χ1n) is 7.07. The van der Waals surface area contributed by atoms with Gasteiger partial charge in [-0.2, -0.15) is 9.78 Å². The van der Waals surface area contributed by atoms with Gasteiger partial charge in [0.1, 0.15) is 11.0 Å². The minimum atomic E-state index is -0.587.